The Bertz CT molecular complexity index is 532. The lowest BCUT2D eigenvalue weighted by Crippen LogP contribution is -2.57. The van der Waals surface area contributed by atoms with E-state index in [1.807, 2.05) is 18.2 Å². The Morgan fingerprint density at radius 3 is 2.18 bits per heavy atom. The van der Waals surface area contributed by atoms with Crippen molar-refractivity contribution in [1.82, 2.24) is 10.2 Å². The summed E-state index contributed by atoms with van der Waals surface area (Å²) < 4.78 is 5.94. The third-order valence-electron chi connectivity index (χ3n) is 5.83. The van der Waals surface area contributed by atoms with Crippen LogP contribution in [0.4, 0.5) is 4.79 Å². The molecule has 1 aliphatic carbocycles. The van der Waals surface area contributed by atoms with E-state index >= 15 is 0 Å². The highest BCUT2D eigenvalue weighted by atomic mass is 16.6. The van der Waals surface area contributed by atoms with E-state index in [0.717, 1.165) is 58.2 Å². The van der Waals surface area contributed by atoms with Crippen LogP contribution in [0.5, 0.6) is 0 Å². The van der Waals surface area contributed by atoms with E-state index in [1.165, 1.54) is 5.56 Å². The van der Waals surface area contributed by atoms with Gasteiger partial charge in [-0.2, -0.15) is 0 Å². The van der Waals surface area contributed by atoms with Crippen molar-refractivity contribution in [2.45, 2.75) is 49.7 Å². The quantitative estimate of drug-likeness (QED) is 0.933. The fourth-order valence-corrected chi connectivity index (χ4v) is 4.14. The van der Waals surface area contributed by atoms with Gasteiger partial charge in [0.2, 0.25) is 0 Å². The molecule has 1 aromatic carbocycles. The van der Waals surface area contributed by atoms with Crippen LogP contribution in [0.3, 0.4) is 0 Å². The molecular formula is C18H24N2O2. The fraction of sp³-hybridized carbons (Fsp3) is 0.611. The third-order valence-corrected chi connectivity index (χ3v) is 5.83. The van der Waals surface area contributed by atoms with Crippen LogP contribution in [-0.4, -0.2) is 36.2 Å². The van der Waals surface area contributed by atoms with E-state index in [0.29, 0.717) is 0 Å². The summed E-state index contributed by atoms with van der Waals surface area (Å²) >= 11 is 0. The minimum atomic E-state index is -0.223. The summed E-state index contributed by atoms with van der Waals surface area (Å²) in [6.07, 6.45) is 5.91. The average molecular weight is 300 g/mol. The highest BCUT2D eigenvalue weighted by Crippen LogP contribution is 2.42. The smallest absolute Gasteiger partial charge is 0.408 e. The molecule has 4 heteroatoms. The first-order valence-corrected chi connectivity index (χ1v) is 8.49. The summed E-state index contributed by atoms with van der Waals surface area (Å²) in [6.45, 7) is 3.20. The largest absolute Gasteiger partial charge is 0.443 e. The summed E-state index contributed by atoms with van der Waals surface area (Å²) in [5, 5.41) is 3.20. The normalized spacial score (nSPS) is 32.1. The van der Waals surface area contributed by atoms with Gasteiger partial charge in [-0.25, -0.2) is 4.79 Å². The summed E-state index contributed by atoms with van der Waals surface area (Å²) in [6, 6.07) is 10.3. The van der Waals surface area contributed by atoms with E-state index in [9.17, 15) is 4.79 Å². The molecule has 4 nitrogen and oxygen atoms in total. The zero-order chi connectivity index (χ0) is 15.0. The van der Waals surface area contributed by atoms with Gasteiger partial charge in [-0.05, 0) is 24.8 Å². The number of fused-ring (bicyclic) bond motifs is 3. The maximum atomic E-state index is 12.5. The van der Waals surface area contributed by atoms with Gasteiger partial charge in [0.05, 0.1) is 5.54 Å². The zero-order valence-corrected chi connectivity index (χ0v) is 13.0. The number of alkyl carbamates (subject to hydrolysis) is 1. The minimum Gasteiger partial charge on any atom is -0.443 e. The van der Waals surface area contributed by atoms with Gasteiger partial charge < -0.3 is 15.0 Å². The predicted molar refractivity (Wildman–Crippen MR) is 84.6 cm³/mol. The van der Waals surface area contributed by atoms with Gasteiger partial charge in [0, 0.05) is 38.9 Å². The number of hydrogen-bond acceptors (Lipinski definition) is 3. The lowest BCUT2D eigenvalue weighted by atomic mass is 9.72. The number of carbonyl (C=O) groups is 1. The maximum absolute atomic E-state index is 12.5. The summed E-state index contributed by atoms with van der Waals surface area (Å²) in [4.78, 5) is 15.0. The van der Waals surface area contributed by atoms with E-state index in [-0.39, 0.29) is 17.2 Å². The molecule has 4 fully saturated rings. The summed E-state index contributed by atoms with van der Waals surface area (Å²) in [5.41, 5.74) is 0.791. The molecule has 0 radical (unpaired) electrons. The Labute approximate surface area is 131 Å². The van der Waals surface area contributed by atoms with Crippen LogP contribution >= 0.6 is 0 Å². The third kappa shape index (κ3) is 2.39. The van der Waals surface area contributed by atoms with E-state index in [2.05, 4.69) is 22.3 Å². The Morgan fingerprint density at radius 2 is 1.64 bits per heavy atom. The number of nitrogens with one attached hydrogen (secondary N) is 1. The molecule has 118 valence electrons. The predicted octanol–water partition coefficient (Wildman–Crippen LogP) is 3.03. The topological polar surface area (TPSA) is 41.6 Å². The molecular weight excluding hydrogens is 276 g/mol. The second-order valence-electron chi connectivity index (χ2n) is 7.09. The van der Waals surface area contributed by atoms with Gasteiger partial charge >= 0.3 is 6.09 Å². The number of ether oxygens (including phenoxy) is 1. The SMILES string of the molecule is O=C(NC1(c2ccccc2)CCC1)OC12CCN(CC1)CC2. The van der Waals surface area contributed by atoms with Crippen LogP contribution in [0.25, 0.3) is 0 Å². The second-order valence-corrected chi connectivity index (χ2v) is 7.09. The molecule has 0 atom stereocenters. The molecule has 1 saturated carbocycles. The Hall–Kier alpha value is -1.55. The maximum Gasteiger partial charge on any atom is 0.408 e. The molecule has 1 aromatic rings. The number of amides is 1. The molecule has 3 aliphatic heterocycles. The highest BCUT2D eigenvalue weighted by molar-refractivity contribution is 5.69. The van der Waals surface area contributed by atoms with Gasteiger partial charge in [0.1, 0.15) is 5.60 Å². The lowest BCUT2D eigenvalue weighted by Gasteiger charge is -2.48. The second kappa shape index (κ2) is 5.27. The van der Waals surface area contributed by atoms with Crippen LogP contribution in [0.15, 0.2) is 30.3 Å². The molecule has 2 bridgehead atoms. The fourth-order valence-electron chi connectivity index (χ4n) is 4.14. The first kappa shape index (κ1) is 14.1. The van der Waals surface area contributed by atoms with Crippen molar-refractivity contribution in [1.29, 1.82) is 0 Å². The lowest BCUT2D eigenvalue weighted by molar-refractivity contribution is -0.0818. The average Bonchev–Trinajstić information content (AvgIpc) is 2.53. The number of carbonyl (C=O) groups excluding carboxylic acids is 1. The van der Waals surface area contributed by atoms with Crippen molar-refractivity contribution >= 4 is 6.09 Å². The molecule has 4 aliphatic rings. The van der Waals surface area contributed by atoms with E-state index in [4.69, 9.17) is 4.74 Å². The monoisotopic (exact) mass is 300 g/mol. The first-order chi connectivity index (χ1) is 10.7. The Balaban J connectivity index is 1.45. The van der Waals surface area contributed by atoms with Crippen molar-refractivity contribution in [3.8, 4) is 0 Å². The van der Waals surface area contributed by atoms with E-state index in [1.54, 1.807) is 0 Å². The number of rotatable bonds is 3. The molecule has 22 heavy (non-hydrogen) atoms. The van der Waals surface area contributed by atoms with Gasteiger partial charge in [-0.1, -0.05) is 30.3 Å². The molecule has 0 spiro atoms. The number of benzene rings is 1. The molecule has 3 heterocycles. The zero-order valence-electron chi connectivity index (χ0n) is 13.0. The van der Waals surface area contributed by atoms with Crippen molar-refractivity contribution in [3.63, 3.8) is 0 Å². The Kier molecular flexibility index (Phi) is 3.37. The number of hydrogen-bond donors (Lipinski definition) is 1. The van der Waals surface area contributed by atoms with Crippen LogP contribution in [0.1, 0.15) is 44.1 Å². The van der Waals surface area contributed by atoms with E-state index < -0.39 is 0 Å². The molecule has 1 amide bonds. The molecule has 5 rings (SSSR count). The summed E-state index contributed by atoms with van der Waals surface area (Å²) in [7, 11) is 0. The van der Waals surface area contributed by atoms with Gasteiger partial charge in [0.15, 0.2) is 0 Å². The van der Waals surface area contributed by atoms with Crippen LogP contribution < -0.4 is 5.32 Å². The van der Waals surface area contributed by atoms with Gasteiger partial charge in [0.25, 0.3) is 0 Å². The van der Waals surface area contributed by atoms with Crippen LogP contribution in [0, 0.1) is 0 Å². The van der Waals surface area contributed by atoms with Crippen molar-refractivity contribution < 1.29 is 9.53 Å². The highest BCUT2D eigenvalue weighted by Gasteiger charge is 2.45. The number of nitrogens with zero attached hydrogens (tertiary/aromatic N) is 1. The van der Waals surface area contributed by atoms with Gasteiger partial charge in [-0.3, -0.25) is 0 Å². The minimum absolute atomic E-state index is 0.204. The van der Waals surface area contributed by atoms with Crippen molar-refractivity contribution in [3.05, 3.63) is 35.9 Å². The molecule has 0 unspecified atom stereocenters. The van der Waals surface area contributed by atoms with Crippen LogP contribution in [-0.2, 0) is 10.3 Å². The standard InChI is InChI=1S/C18H24N2O2/c21-16(22-17-9-12-20(13-10-17)14-11-17)19-18(7-4-8-18)15-5-2-1-3-6-15/h1-3,5-6H,4,7-14H2,(H,19,21). The molecule has 1 N–H and O–H groups in total. The number of piperidine rings is 3. The van der Waals surface area contributed by atoms with Gasteiger partial charge in [-0.15, -0.1) is 0 Å². The first-order valence-electron chi connectivity index (χ1n) is 8.49. The molecule has 3 saturated heterocycles. The van der Waals surface area contributed by atoms with Crippen molar-refractivity contribution in [2.24, 2.45) is 0 Å². The summed E-state index contributed by atoms with van der Waals surface area (Å²) in [5.74, 6) is 0. The molecule has 0 aromatic heterocycles. The van der Waals surface area contributed by atoms with Crippen LogP contribution in [0.2, 0.25) is 0 Å². The van der Waals surface area contributed by atoms with Crippen molar-refractivity contribution in [2.75, 3.05) is 19.6 Å². The Morgan fingerprint density at radius 1 is 1.00 bits per heavy atom.